The second-order valence-corrected chi connectivity index (χ2v) is 8.54. The highest BCUT2D eigenvalue weighted by atomic mass is 32.1. The third-order valence-corrected chi connectivity index (χ3v) is 6.28. The van der Waals surface area contributed by atoms with Gasteiger partial charge in [0.25, 0.3) is 0 Å². The number of carbonyl (C=O) groups excluding carboxylic acids is 1. The SMILES string of the molecule is Cc1cc(C)n(C2CN(C(=O)NC3CCN(Cc4cccs4)CC3)C2)n1. The molecule has 26 heavy (non-hydrogen) atoms. The van der Waals surface area contributed by atoms with Gasteiger partial charge in [0.1, 0.15) is 0 Å². The minimum Gasteiger partial charge on any atom is -0.335 e. The van der Waals surface area contributed by atoms with Crippen molar-refractivity contribution in [1.82, 2.24) is 24.9 Å². The predicted molar refractivity (Wildman–Crippen MR) is 103 cm³/mol. The summed E-state index contributed by atoms with van der Waals surface area (Å²) in [7, 11) is 0. The topological polar surface area (TPSA) is 53.4 Å². The number of carbonyl (C=O) groups is 1. The smallest absolute Gasteiger partial charge is 0.317 e. The zero-order valence-electron chi connectivity index (χ0n) is 15.5. The lowest BCUT2D eigenvalue weighted by atomic mass is 10.0. The van der Waals surface area contributed by atoms with Gasteiger partial charge in [0.15, 0.2) is 0 Å². The summed E-state index contributed by atoms with van der Waals surface area (Å²) >= 11 is 1.82. The van der Waals surface area contributed by atoms with E-state index in [0.29, 0.717) is 12.1 Å². The highest BCUT2D eigenvalue weighted by Crippen LogP contribution is 2.23. The number of nitrogens with one attached hydrogen (secondary N) is 1. The van der Waals surface area contributed by atoms with Crippen LogP contribution >= 0.6 is 11.3 Å². The summed E-state index contributed by atoms with van der Waals surface area (Å²) in [5.74, 6) is 0. The lowest BCUT2D eigenvalue weighted by Crippen LogP contribution is -2.57. The lowest BCUT2D eigenvalue weighted by molar-refractivity contribution is 0.110. The molecule has 0 saturated carbocycles. The molecule has 7 heteroatoms. The van der Waals surface area contributed by atoms with Crippen LogP contribution in [0.5, 0.6) is 0 Å². The first kappa shape index (κ1) is 17.5. The van der Waals surface area contributed by atoms with Crippen LogP contribution < -0.4 is 5.32 Å². The van der Waals surface area contributed by atoms with Crippen molar-refractivity contribution in [3.05, 3.63) is 39.8 Å². The average molecular weight is 374 g/mol. The van der Waals surface area contributed by atoms with Crippen LogP contribution in [-0.2, 0) is 6.54 Å². The number of rotatable bonds is 4. The Kier molecular flexibility index (Phi) is 5.00. The Hall–Kier alpha value is -1.86. The standard InChI is InChI=1S/C19H27N5OS/c1-14-10-15(2)24(21-14)17-11-23(12-17)19(25)20-16-5-7-22(8-6-16)13-18-4-3-9-26-18/h3-4,9-10,16-17H,5-8,11-13H2,1-2H3,(H,20,25). The summed E-state index contributed by atoms with van der Waals surface area (Å²) in [5.41, 5.74) is 2.21. The third-order valence-electron chi connectivity index (χ3n) is 5.41. The van der Waals surface area contributed by atoms with Gasteiger partial charge in [-0.15, -0.1) is 11.3 Å². The number of thiophene rings is 1. The normalized spacial score (nSPS) is 19.5. The zero-order valence-corrected chi connectivity index (χ0v) is 16.3. The summed E-state index contributed by atoms with van der Waals surface area (Å²) < 4.78 is 2.06. The fourth-order valence-electron chi connectivity index (χ4n) is 3.92. The molecule has 1 N–H and O–H groups in total. The molecule has 0 aromatic carbocycles. The van der Waals surface area contributed by atoms with Crippen LogP contribution in [-0.4, -0.2) is 57.8 Å². The molecule has 2 fully saturated rings. The van der Waals surface area contributed by atoms with Crippen LogP contribution in [0.15, 0.2) is 23.6 Å². The third kappa shape index (κ3) is 3.78. The molecule has 0 unspecified atom stereocenters. The van der Waals surface area contributed by atoms with Crippen molar-refractivity contribution in [3.8, 4) is 0 Å². The van der Waals surface area contributed by atoms with Gasteiger partial charge in [-0.05, 0) is 44.2 Å². The number of hydrogen-bond donors (Lipinski definition) is 1. The van der Waals surface area contributed by atoms with Gasteiger partial charge in [-0.25, -0.2) is 4.79 Å². The van der Waals surface area contributed by atoms with Gasteiger partial charge in [0.05, 0.1) is 11.7 Å². The number of urea groups is 1. The molecule has 6 nitrogen and oxygen atoms in total. The maximum Gasteiger partial charge on any atom is 0.317 e. The number of aromatic nitrogens is 2. The van der Waals surface area contributed by atoms with Crippen LogP contribution in [0.25, 0.3) is 0 Å². The molecule has 140 valence electrons. The van der Waals surface area contributed by atoms with Gasteiger partial charge in [0, 0.05) is 49.3 Å². The molecule has 2 aliphatic heterocycles. The van der Waals surface area contributed by atoms with E-state index in [4.69, 9.17) is 0 Å². The van der Waals surface area contributed by atoms with Crippen LogP contribution in [0.4, 0.5) is 4.79 Å². The molecule has 2 aromatic rings. The molecule has 0 spiro atoms. The molecule has 2 amide bonds. The van der Waals surface area contributed by atoms with Gasteiger partial charge in [0.2, 0.25) is 0 Å². The zero-order chi connectivity index (χ0) is 18.1. The molecule has 0 radical (unpaired) electrons. The molecule has 4 rings (SSSR count). The van der Waals surface area contributed by atoms with Crippen molar-refractivity contribution in [3.63, 3.8) is 0 Å². The van der Waals surface area contributed by atoms with Gasteiger partial charge < -0.3 is 10.2 Å². The second-order valence-electron chi connectivity index (χ2n) is 7.51. The largest absolute Gasteiger partial charge is 0.335 e. The Bertz CT molecular complexity index is 742. The van der Waals surface area contributed by atoms with E-state index in [9.17, 15) is 4.79 Å². The number of likely N-dealkylation sites (tertiary alicyclic amines) is 2. The fraction of sp³-hybridized carbons (Fsp3) is 0.579. The maximum atomic E-state index is 12.5. The van der Waals surface area contributed by atoms with E-state index in [2.05, 4.69) is 50.5 Å². The molecule has 2 aromatic heterocycles. The Morgan fingerprint density at radius 3 is 2.69 bits per heavy atom. The van der Waals surface area contributed by atoms with Crippen molar-refractivity contribution < 1.29 is 4.79 Å². The minimum absolute atomic E-state index is 0.0829. The first-order valence-corrected chi connectivity index (χ1v) is 10.3. The van der Waals surface area contributed by atoms with Crippen molar-refractivity contribution in [2.75, 3.05) is 26.2 Å². The van der Waals surface area contributed by atoms with Gasteiger partial charge in [-0.3, -0.25) is 9.58 Å². The molecule has 4 heterocycles. The maximum absolute atomic E-state index is 12.5. The van der Waals surface area contributed by atoms with Crippen molar-refractivity contribution in [2.24, 2.45) is 0 Å². The van der Waals surface area contributed by atoms with Crippen LogP contribution in [0.2, 0.25) is 0 Å². The number of nitrogens with zero attached hydrogens (tertiary/aromatic N) is 4. The van der Waals surface area contributed by atoms with Crippen LogP contribution in [0.3, 0.4) is 0 Å². The summed E-state index contributed by atoms with van der Waals surface area (Å²) in [6.07, 6.45) is 2.07. The molecule has 2 aliphatic rings. The van der Waals surface area contributed by atoms with E-state index >= 15 is 0 Å². The van der Waals surface area contributed by atoms with E-state index < -0.39 is 0 Å². The molecule has 2 saturated heterocycles. The number of piperidine rings is 1. The van der Waals surface area contributed by atoms with Crippen molar-refractivity contribution in [2.45, 2.75) is 45.3 Å². The fourth-order valence-corrected chi connectivity index (χ4v) is 4.66. The minimum atomic E-state index is 0.0829. The predicted octanol–water partition coefficient (Wildman–Crippen LogP) is 2.79. The number of amides is 2. The van der Waals surface area contributed by atoms with Crippen LogP contribution in [0, 0.1) is 13.8 Å². The quantitative estimate of drug-likeness (QED) is 0.897. The molecular weight excluding hydrogens is 346 g/mol. The van der Waals surface area contributed by atoms with Crippen molar-refractivity contribution in [1.29, 1.82) is 0 Å². The number of aryl methyl sites for hydroxylation is 2. The second kappa shape index (κ2) is 7.40. The average Bonchev–Trinajstić information content (AvgIpc) is 3.18. The van der Waals surface area contributed by atoms with E-state index in [0.717, 1.165) is 51.3 Å². The van der Waals surface area contributed by atoms with Crippen LogP contribution in [0.1, 0.15) is 35.1 Å². The summed E-state index contributed by atoms with van der Waals surface area (Å²) in [5, 5.41) is 9.89. The Morgan fingerprint density at radius 2 is 2.08 bits per heavy atom. The Labute approximate surface area is 158 Å². The molecule has 0 bridgehead atoms. The lowest BCUT2D eigenvalue weighted by Gasteiger charge is -2.41. The summed E-state index contributed by atoms with van der Waals surface area (Å²) in [4.78, 5) is 18.3. The number of hydrogen-bond acceptors (Lipinski definition) is 4. The van der Waals surface area contributed by atoms with Gasteiger partial charge in [-0.2, -0.15) is 5.10 Å². The van der Waals surface area contributed by atoms with E-state index in [1.807, 2.05) is 23.2 Å². The highest BCUT2D eigenvalue weighted by Gasteiger charge is 2.34. The first-order valence-electron chi connectivity index (χ1n) is 9.41. The Morgan fingerprint density at radius 1 is 1.31 bits per heavy atom. The van der Waals surface area contributed by atoms with E-state index in [1.54, 1.807) is 0 Å². The van der Waals surface area contributed by atoms with Gasteiger partial charge >= 0.3 is 6.03 Å². The molecular formula is C19H27N5OS. The van der Waals surface area contributed by atoms with Gasteiger partial charge in [-0.1, -0.05) is 6.07 Å². The summed E-state index contributed by atoms with van der Waals surface area (Å²) in [6, 6.07) is 7.10. The van der Waals surface area contributed by atoms with Crippen molar-refractivity contribution >= 4 is 17.4 Å². The highest BCUT2D eigenvalue weighted by molar-refractivity contribution is 7.09. The monoisotopic (exact) mass is 373 g/mol. The molecule has 0 atom stereocenters. The van der Waals surface area contributed by atoms with E-state index in [1.165, 1.54) is 10.6 Å². The molecule has 0 aliphatic carbocycles. The Balaban J connectivity index is 1.20. The summed E-state index contributed by atoms with van der Waals surface area (Å²) in [6.45, 7) is 8.74. The van der Waals surface area contributed by atoms with E-state index in [-0.39, 0.29) is 6.03 Å². The first-order chi connectivity index (χ1) is 12.6.